The molecule has 0 aliphatic heterocycles. The van der Waals surface area contributed by atoms with Gasteiger partial charge in [-0.25, -0.2) is 4.98 Å². The molecule has 1 rings (SSSR count). The van der Waals surface area contributed by atoms with Crippen LogP contribution < -0.4 is 4.74 Å². The van der Waals surface area contributed by atoms with Crippen molar-refractivity contribution in [2.24, 2.45) is 0 Å². The third-order valence-electron chi connectivity index (χ3n) is 2.38. The van der Waals surface area contributed by atoms with Crippen molar-refractivity contribution in [1.29, 1.82) is 0 Å². The van der Waals surface area contributed by atoms with Crippen LogP contribution in [0.25, 0.3) is 0 Å². The van der Waals surface area contributed by atoms with Gasteiger partial charge in [-0.3, -0.25) is 4.79 Å². The lowest BCUT2D eigenvalue weighted by atomic mass is 10.0. The molecule has 0 amide bonds. The van der Waals surface area contributed by atoms with Gasteiger partial charge in [-0.2, -0.15) is 0 Å². The second-order valence-electron chi connectivity index (χ2n) is 3.64. The van der Waals surface area contributed by atoms with Crippen LogP contribution in [0.5, 0.6) is 5.88 Å². The summed E-state index contributed by atoms with van der Waals surface area (Å²) in [7, 11) is 1.47. The van der Waals surface area contributed by atoms with Crippen LogP contribution in [-0.2, 0) is 4.79 Å². The maximum absolute atomic E-state index is 10.4. The second kappa shape index (κ2) is 5.60. The number of ether oxygens (including phenoxy) is 1. The molecule has 0 saturated carbocycles. The van der Waals surface area contributed by atoms with E-state index in [0.717, 1.165) is 0 Å². The minimum Gasteiger partial charge on any atom is -0.481 e. The minimum absolute atomic E-state index is 0.388. The summed E-state index contributed by atoms with van der Waals surface area (Å²) in [5.41, 5.74) is 0.876. The van der Waals surface area contributed by atoms with E-state index in [4.69, 9.17) is 9.84 Å². The maximum atomic E-state index is 10.4. The molecule has 0 bridgehead atoms. The molecule has 0 saturated heterocycles. The van der Waals surface area contributed by atoms with Crippen molar-refractivity contribution in [2.75, 3.05) is 7.11 Å². The molecule has 17 heavy (non-hydrogen) atoms. The highest BCUT2D eigenvalue weighted by atomic mass is 16.5. The smallest absolute Gasteiger partial charge is 0.306 e. The summed E-state index contributed by atoms with van der Waals surface area (Å²) in [5, 5.41) is 27.8. The van der Waals surface area contributed by atoms with Crippen LogP contribution in [0, 0.1) is 6.92 Å². The van der Waals surface area contributed by atoms with Gasteiger partial charge in [0.25, 0.3) is 0 Å². The number of aliphatic hydroxyl groups is 2. The molecule has 0 radical (unpaired) electrons. The first-order chi connectivity index (χ1) is 7.95. The second-order valence-corrected chi connectivity index (χ2v) is 3.64. The summed E-state index contributed by atoms with van der Waals surface area (Å²) in [6.07, 6.45) is -3.15. The Bertz CT molecular complexity index is 407. The number of aryl methyl sites for hydroxylation is 1. The number of aromatic nitrogens is 1. The van der Waals surface area contributed by atoms with Crippen LogP contribution in [0.15, 0.2) is 12.1 Å². The minimum atomic E-state index is -1.36. The van der Waals surface area contributed by atoms with Gasteiger partial charge in [-0.1, -0.05) is 0 Å². The Morgan fingerprint density at radius 3 is 2.59 bits per heavy atom. The quantitative estimate of drug-likeness (QED) is 0.684. The molecule has 1 heterocycles. The highest BCUT2D eigenvalue weighted by molar-refractivity contribution is 5.67. The molecular weight excluding hydrogens is 226 g/mol. The van der Waals surface area contributed by atoms with Crippen molar-refractivity contribution in [3.63, 3.8) is 0 Å². The van der Waals surface area contributed by atoms with Crippen molar-refractivity contribution in [3.8, 4) is 5.88 Å². The largest absolute Gasteiger partial charge is 0.481 e. The van der Waals surface area contributed by atoms with E-state index < -0.39 is 24.6 Å². The highest BCUT2D eigenvalue weighted by Crippen LogP contribution is 2.23. The fourth-order valence-electron chi connectivity index (χ4n) is 1.47. The number of methoxy groups -OCH3 is 1. The van der Waals surface area contributed by atoms with E-state index in [1.807, 2.05) is 0 Å². The number of pyridine rings is 1. The number of carboxylic acids is 1. The summed E-state index contributed by atoms with van der Waals surface area (Å²) in [6.45, 7) is 1.65. The number of rotatable bonds is 5. The van der Waals surface area contributed by atoms with Gasteiger partial charge in [0.15, 0.2) is 0 Å². The van der Waals surface area contributed by atoms with Crippen LogP contribution in [0.3, 0.4) is 0 Å². The lowest BCUT2D eigenvalue weighted by Crippen LogP contribution is -2.22. The Labute approximate surface area is 98.5 Å². The molecule has 1 aromatic rings. The van der Waals surface area contributed by atoms with Gasteiger partial charge in [0, 0.05) is 17.3 Å². The summed E-state index contributed by atoms with van der Waals surface area (Å²) in [4.78, 5) is 14.5. The average Bonchev–Trinajstić information content (AvgIpc) is 2.27. The normalized spacial score (nSPS) is 14.1. The fourth-order valence-corrected chi connectivity index (χ4v) is 1.47. The Kier molecular flexibility index (Phi) is 4.42. The fraction of sp³-hybridized carbons (Fsp3) is 0.455. The molecule has 0 aromatic carbocycles. The first-order valence-electron chi connectivity index (χ1n) is 5.05. The first kappa shape index (κ1) is 13.4. The van der Waals surface area contributed by atoms with Gasteiger partial charge in [0.1, 0.15) is 6.10 Å². The monoisotopic (exact) mass is 241 g/mol. The molecule has 0 fully saturated rings. The molecule has 94 valence electrons. The Balaban J connectivity index is 2.88. The molecular formula is C11H15NO5. The number of hydrogen-bond donors (Lipinski definition) is 3. The summed E-state index contributed by atoms with van der Waals surface area (Å²) in [5.74, 6) is -0.776. The zero-order chi connectivity index (χ0) is 13.0. The number of nitrogens with zero attached hydrogens (tertiary/aromatic N) is 1. The van der Waals surface area contributed by atoms with Crippen molar-refractivity contribution < 1.29 is 24.9 Å². The summed E-state index contributed by atoms with van der Waals surface area (Å²) in [6, 6.07) is 3.09. The summed E-state index contributed by atoms with van der Waals surface area (Å²) < 4.78 is 4.91. The Morgan fingerprint density at radius 1 is 1.47 bits per heavy atom. The number of aliphatic carboxylic acids is 1. The van der Waals surface area contributed by atoms with E-state index in [9.17, 15) is 15.0 Å². The van der Waals surface area contributed by atoms with Gasteiger partial charge in [0.2, 0.25) is 5.88 Å². The lowest BCUT2D eigenvalue weighted by molar-refractivity contribution is -0.141. The van der Waals surface area contributed by atoms with Gasteiger partial charge in [-0.05, 0) is 13.0 Å². The number of aliphatic hydroxyl groups excluding tert-OH is 2. The molecule has 1 aromatic heterocycles. The Hall–Kier alpha value is -1.66. The van der Waals surface area contributed by atoms with Gasteiger partial charge in [0.05, 0.1) is 19.6 Å². The van der Waals surface area contributed by atoms with Crippen molar-refractivity contribution in [2.45, 2.75) is 25.6 Å². The van der Waals surface area contributed by atoms with E-state index in [2.05, 4.69) is 4.98 Å². The molecule has 0 spiro atoms. The van der Waals surface area contributed by atoms with Crippen molar-refractivity contribution >= 4 is 5.97 Å². The van der Waals surface area contributed by atoms with Crippen LogP contribution in [0.2, 0.25) is 0 Å². The first-order valence-corrected chi connectivity index (χ1v) is 5.05. The molecule has 6 heteroatoms. The highest BCUT2D eigenvalue weighted by Gasteiger charge is 2.23. The molecule has 2 unspecified atom stereocenters. The molecule has 6 nitrogen and oxygen atoms in total. The van der Waals surface area contributed by atoms with Crippen LogP contribution in [0.1, 0.15) is 23.8 Å². The van der Waals surface area contributed by atoms with E-state index >= 15 is 0 Å². The Morgan fingerprint density at radius 2 is 2.12 bits per heavy atom. The molecule has 2 atom stereocenters. The lowest BCUT2D eigenvalue weighted by Gasteiger charge is -2.18. The topological polar surface area (TPSA) is 99.9 Å². The SMILES string of the molecule is COc1ccc(C(O)C(O)CC(=O)O)c(C)n1. The van der Waals surface area contributed by atoms with E-state index in [0.29, 0.717) is 17.1 Å². The average molecular weight is 241 g/mol. The molecule has 3 N–H and O–H groups in total. The zero-order valence-corrected chi connectivity index (χ0v) is 9.62. The third kappa shape index (κ3) is 3.40. The molecule has 0 aliphatic rings. The van der Waals surface area contributed by atoms with E-state index in [-0.39, 0.29) is 0 Å². The summed E-state index contributed by atoms with van der Waals surface area (Å²) >= 11 is 0. The molecule has 0 aliphatic carbocycles. The van der Waals surface area contributed by atoms with E-state index in [1.54, 1.807) is 19.1 Å². The zero-order valence-electron chi connectivity index (χ0n) is 9.62. The van der Waals surface area contributed by atoms with Crippen LogP contribution in [-0.4, -0.2) is 39.5 Å². The number of carbonyl (C=O) groups is 1. The number of carboxylic acid groups (broad SMARTS) is 1. The maximum Gasteiger partial charge on any atom is 0.306 e. The third-order valence-corrected chi connectivity index (χ3v) is 2.38. The van der Waals surface area contributed by atoms with Crippen LogP contribution >= 0.6 is 0 Å². The standard InChI is InChI=1S/C11H15NO5/c1-6-7(3-4-9(12-6)17-2)11(16)8(13)5-10(14)15/h3-4,8,11,13,16H,5H2,1-2H3,(H,14,15). The van der Waals surface area contributed by atoms with Crippen molar-refractivity contribution in [1.82, 2.24) is 4.98 Å². The van der Waals surface area contributed by atoms with Crippen LogP contribution in [0.4, 0.5) is 0 Å². The predicted molar refractivity (Wildman–Crippen MR) is 58.7 cm³/mol. The van der Waals surface area contributed by atoms with Gasteiger partial charge >= 0.3 is 5.97 Å². The predicted octanol–water partition coefficient (Wildman–Crippen LogP) is 0.268. The van der Waals surface area contributed by atoms with E-state index in [1.165, 1.54) is 7.11 Å². The number of hydrogen-bond acceptors (Lipinski definition) is 5. The van der Waals surface area contributed by atoms with Gasteiger partial charge in [-0.15, -0.1) is 0 Å². The van der Waals surface area contributed by atoms with Crippen molar-refractivity contribution in [3.05, 3.63) is 23.4 Å². The van der Waals surface area contributed by atoms with Gasteiger partial charge < -0.3 is 20.1 Å².